The van der Waals surface area contributed by atoms with Crippen LogP contribution in [0.5, 0.6) is 0 Å². The molecule has 1 saturated heterocycles. The van der Waals surface area contributed by atoms with Gasteiger partial charge in [-0.2, -0.15) is 0 Å². The minimum atomic E-state index is -0.318. The zero-order valence-electron chi connectivity index (χ0n) is 16.0. The summed E-state index contributed by atoms with van der Waals surface area (Å²) >= 11 is 0. The first-order chi connectivity index (χ1) is 13.0. The van der Waals surface area contributed by atoms with Gasteiger partial charge in [-0.1, -0.05) is 36.4 Å². The van der Waals surface area contributed by atoms with Crippen LogP contribution < -0.4 is 9.91 Å². The number of para-hydroxylation sites is 2. The summed E-state index contributed by atoms with van der Waals surface area (Å²) in [5, 5.41) is 3.86. The molecule has 0 aromatic heterocycles. The molecule has 2 heterocycles. The number of carbonyl (C=O) groups excluding carboxylic acids is 2. The van der Waals surface area contributed by atoms with Gasteiger partial charge in [0.25, 0.3) is 0 Å². The molecule has 5 heteroatoms. The van der Waals surface area contributed by atoms with E-state index in [2.05, 4.69) is 11.9 Å². The number of hydrazine groups is 1. The molecule has 5 nitrogen and oxygen atoms in total. The van der Waals surface area contributed by atoms with Crippen LogP contribution in [0.25, 0.3) is 0 Å². The van der Waals surface area contributed by atoms with Gasteiger partial charge < -0.3 is 4.90 Å². The number of rotatable bonds is 3. The number of benzene rings is 2. The lowest BCUT2D eigenvalue weighted by molar-refractivity contribution is -0.131. The molecule has 0 spiro atoms. The van der Waals surface area contributed by atoms with E-state index < -0.39 is 0 Å². The van der Waals surface area contributed by atoms with Crippen molar-refractivity contribution in [3.05, 3.63) is 60.2 Å². The van der Waals surface area contributed by atoms with Crippen LogP contribution in [0.3, 0.4) is 0 Å². The van der Waals surface area contributed by atoms with Crippen molar-refractivity contribution in [2.45, 2.75) is 45.2 Å². The van der Waals surface area contributed by atoms with Crippen molar-refractivity contribution in [3.8, 4) is 0 Å². The number of likely N-dealkylation sites (N-methyl/N-ethyl adjacent to an activating group) is 1. The Morgan fingerprint density at radius 3 is 2.41 bits per heavy atom. The van der Waals surface area contributed by atoms with Crippen LogP contribution in [0.1, 0.15) is 38.7 Å². The summed E-state index contributed by atoms with van der Waals surface area (Å²) in [6.45, 7) is 6.33. The largest absolute Gasteiger partial charge is 0.312 e. The minimum absolute atomic E-state index is 0.0339. The number of anilines is 2. The van der Waals surface area contributed by atoms with Crippen molar-refractivity contribution in [3.63, 3.8) is 0 Å². The van der Waals surface area contributed by atoms with E-state index in [9.17, 15) is 9.59 Å². The Hall–Kier alpha value is -2.82. The summed E-state index contributed by atoms with van der Waals surface area (Å²) in [6.07, 6.45) is 0.761. The molecule has 2 aliphatic heterocycles. The predicted octanol–water partition coefficient (Wildman–Crippen LogP) is 3.57. The first kappa shape index (κ1) is 17.6. The molecule has 0 radical (unpaired) electrons. The van der Waals surface area contributed by atoms with Gasteiger partial charge in [0, 0.05) is 25.2 Å². The second kappa shape index (κ2) is 6.72. The van der Waals surface area contributed by atoms with Gasteiger partial charge in [-0.25, -0.2) is 5.01 Å². The summed E-state index contributed by atoms with van der Waals surface area (Å²) in [7, 11) is 0. The van der Waals surface area contributed by atoms with E-state index in [0.717, 1.165) is 23.4 Å². The van der Waals surface area contributed by atoms with Crippen LogP contribution in [-0.4, -0.2) is 35.5 Å². The molecule has 2 amide bonds. The highest BCUT2D eigenvalue weighted by Crippen LogP contribution is 2.45. The van der Waals surface area contributed by atoms with E-state index in [1.807, 2.05) is 66.4 Å². The fourth-order valence-electron chi connectivity index (χ4n) is 4.66. The Bertz CT molecular complexity index is 867. The molecule has 2 aromatic rings. The molecule has 0 aliphatic carbocycles. The molecule has 27 heavy (non-hydrogen) atoms. The molecule has 0 N–H and O–H groups in total. The third-order valence-corrected chi connectivity index (χ3v) is 5.69. The minimum Gasteiger partial charge on any atom is -0.312 e. The van der Waals surface area contributed by atoms with Gasteiger partial charge in [-0.15, -0.1) is 0 Å². The number of hydrogen-bond acceptors (Lipinski definition) is 3. The first-order valence-corrected chi connectivity index (χ1v) is 9.58. The molecule has 0 saturated carbocycles. The van der Waals surface area contributed by atoms with Crippen molar-refractivity contribution in [1.29, 1.82) is 0 Å². The van der Waals surface area contributed by atoms with Crippen LogP contribution >= 0.6 is 0 Å². The van der Waals surface area contributed by atoms with Crippen molar-refractivity contribution in [2.24, 2.45) is 0 Å². The average molecular weight is 363 g/mol. The number of fused-ring (bicyclic) bond motifs is 1. The summed E-state index contributed by atoms with van der Waals surface area (Å²) in [5.41, 5.74) is 2.99. The van der Waals surface area contributed by atoms with E-state index in [-0.39, 0.29) is 29.8 Å². The second-order valence-corrected chi connectivity index (χ2v) is 7.31. The summed E-state index contributed by atoms with van der Waals surface area (Å²) in [5.74, 6) is -0.258. The highest BCUT2D eigenvalue weighted by atomic mass is 16.2. The molecule has 3 atom stereocenters. The lowest BCUT2D eigenvalue weighted by Gasteiger charge is -2.36. The Balaban J connectivity index is 1.77. The Morgan fingerprint density at radius 1 is 1.07 bits per heavy atom. The number of nitrogens with zero attached hydrogens (tertiary/aromatic N) is 3. The van der Waals surface area contributed by atoms with Crippen LogP contribution in [0.2, 0.25) is 0 Å². The Kier molecular flexibility index (Phi) is 4.38. The van der Waals surface area contributed by atoms with Gasteiger partial charge in [0.1, 0.15) is 0 Å². The maximum Gasteiger partial charge on any atom is 0.238 e. The van der Waals surface area contributed by atoms with Gasteiger partial charge in [-0.05, 0) is 44.0 Å². The molecule has 0 unspecified atom stereocenters. The summed E-state index contributed by atoms with van der Waals surface area (Å²) in [6, 6.07) is 17.9. The smallest absolute Gasteiger partial charge is 0.238 e. The summed E-state index contributed by atoms with van der Waals surface area (Å²) < 4.78 is 0. The molecule has 4 rings (SSSR count). The van der Waals surface area contributed by atoms with Crippen molar-refractivity contribution >= 4 is 23.2 Å². The molecular weight excluding hydrogens is 338 g/mol. The zero-order valence-corrected chi connectivity index (χ0v) is 16.0. The SMILES string of the molecule is CCN1C(=O)[C@@H]([C@H]2C[C@H](C)N(c3ccccc3)N2C(C)=O)c2ccccc21. The fourth-order valence-corrected chi connectivity index (χ4v) is 4.66. The van der Waals surface area contributed by atoms with Crippen LogP contribution in [-0.2, 0) is 9.59 Å². The first-order valence-electron chi connectivity index (χ1n) is 9.58. The average Bonchev–Trinajstić information content (AvgIpc) is 3.15. The van der Waals surface area contributed by atoms with E-state index in [0.29, 0.717) is 6.54 Å². The topological polar surface area (TPSA) is 43.9 Å². The van der Waals surface area contributed by atoms with Gasteiger partial charge >= 0.3 is 0 Å². The van der Waals surface area contributed by atoms with Crippen LogP contribution in [0.4, 0.5) is 11.4 Å². The molecule has 1 fully saturated rings. The van der Waals surface area contributed by atoms with Crippen LogP contribution in [0, 0.1) is 0 Å². The van der Waals surface area contributed by atoms with Crippen molar-refractivity contribution < 1.29 is 9.59 Å². The monoisotopic (exact) mass is 363 g/mol. The van der Waals surface area contributed by atoms with Gasteiger partial charge in [0.05, 0.1) is 17.6 Å². The van der Waals surface area contributed by atoms with E-state index >= 15 is 0 Å². The number of amides is 2. The predicted molar refractivity (Wildman–Crippen MR) is 107 cm³/mol. The third-order valence-electron chi connectivity index (χ3n) is 5.69. The zero-order chi connectivity index (χ0) is 19.1. The van der Waals surface area contributed by atoms with E-state index in [4.69, 9.17) is 0 Å². The van der Waals surface area contributed by atoms with Crippen molar-refractivity contribution in [1.82, 2.24) is 5.01 Å². The number of carbonyl (C=O) groups is 2. The summed E-state index contributed by atoms with van der Waals surface area (Å²) in [4.78, 5) is 27.8. The normalized spacial score (nSPS) is 24.5. The third kappa shape index (κ3) is 2.69. The molecule has 140 valence electrons. The maximum absolute atomic E-state index is 13.3. The highest BCUT2D eigenvalue weighted by Gasteiger charge is 2.50. The molecule has 2 aromatic carbocycles. The highest BCUT2D eigenvalue weighted by molar-refractivity contribution is 6.05. The second-order valence-electron chi connectivity index (χ2n) is 7.31. The molecule has 2 aliphatic rings. The molecule has 0 bridgehead atoms. The Labute approximate surface area is 160 Å². The fraction of sp³-hybridized carbons (Fsp3) is 0.364. The standard InChI is InChI=1S/C22H25N3O2/c1-4-23-19-13-9-8-12-18(19)21(22(23)27)20-14-15(2)24(25(20)16(3)26)17-10-6-5-7-11-17/h5-13,15,20-21H,4,14H2,1-3H3/t15-,20+,21+/m0/s1. The van der Waals surface area contributed by atoms with Crippen LogP contribution in [0.15, 0.2) is 54.6 Å². The lowest BCUT2D eigenvalue weighted by Crippen LogP contribution is -2.49. The molecular formula is C22H25N3O2. The van der Waals surface area contributed by atoms with E-state index in [1.54, 1.807) is 11.9 Å². The Morgan fingerprint density at radius 2 is 1.74 bits per heavy atom. The quantitative estimate of drug-likeness (QED) is 0.837. The van der Waals surface area contributed by atoms with Gasteiger partial charge in [0.2, 0.25) is 11.8 Å². The van der Waals surface area contributed by atoms with E-state index in [1.165, 1.54) is 0 Å². The van der Waals surface area contributed by atoms with Crippen molar-refractivity contribution in [2.75, 3.05) is 16.5 Å². The lowest BCUT2D eigenvalue weighted by atomic mass is 9.89. The van der Waals surface area contributed by atoms with Gasteiger partial charge in [-0.3, -0.25) is 14.6 Å². The number of hydrogen-bond donors (Lipinski definition) is 0. The van der Waals surface area contributed by atoms with Gasteiger partial charge in [0.15, 0.2) is 0 Å². The maximum atomic E-state index is 13.3.